The van der Waals surface area contributed by atoms with Crippen molar-refractivity contribution in [3.05, 3.63) is 203 Å². The zero-order valence-corrected chi connectivity index (χ0v) is 35.9. The number of fused-ring (bicyclic) bond motifs is 3. The van der Waals surface area contributed by atoms with Crippen LogP contribution >= 0.6 is 0 Å². The van der Waals surface area contributed by atoms with Crippen LogP contribution < -0.4 is 4.74 Å². The van der Waals surface area contributed by atoms with E-state index in [1.165, 1.54) is 31.2 Å². The van der Waals surface area contributed by atoms with Crippen LogP contribution in [-0.2, 0) is 34.0 Å². The maximum atomic E-state index is 13.9. The Morgan fingerprint density at radius 3 is 1.52 bits per heavy atom. The summed E-state index contributed by atoms with van der Waals surface area (Å²) in [4.78, 5) is 75.3. The smallest absolute Gasteiger partial charge is 0.339 e. The number of benzene rings is 6. The molecule has 0 spiro atoms. The van der Waals surface area contributed by atoms with E-state index in [1.807, 2.05) is 48.5 Å². The van der Waals surface area contributed by atoms with E-state index in [1.54, 1.807) is 24.3 Å². The van der Waals surface area contributed by atoms with Crippen LogP contribution in [0.4, 0.5) is 0 Å². The standard InChI is InChI=1S/C53H42O14/c1-4-47(55)64-28-31(3)66-51(61)43-26-32(14-24-41(43)49(57)58)33-15-25-42(50(59)60)44(27-33)52(62)67-38(30-65-48(56)5-2)29-63-37-22-18-35(19-23-37)53(34-16-20-36(54)21-17-34)45-12-8-6-10-39(45)40-11-7-9-13-46(40)53/h4-27,31,38,54H,1-2,28-30H2,3H3,(H,57,58)(H,59,60). The van der Waals surface area contributed by atoms with Crippen LogP contribution in [0, 0.1) is 0 Å². The molecule has 0 saturated heterocycles. The van der Waals surface area contributed by atoms with Crippen molar-refractivity contribution in [1.29, 1.82) is 0 Å². The average molecular weight is 903 g/mol. The summed E-state index contributed by atoms with van der Waals surface area (Å²) in [6.45, 7) is 6.94. The van der Waals surface area contributed by atoms with Gasteiger partial charge in [-0.2, -0.15) is 0 Å². The van der Waals surface area contributed by atoms with E-state index < -0.39 is 76.7 Å². The Kier molecular flexibility index (Phi) is 13.8. The molecule has 338 valence electrons. The van der Waals surface area contributed by atoms with Crippen LogP contribution in [0.25, 0.3) is 22.3 Å². The zero-order valence-electron chi connectivity index (χ0n) is 35.9. The summed E-state index contributed by atoms with van der Waals surface area (Å²) in [6.07, 6.45) is -0.401. The molecule has 14 heteroatoms. The van der Waals surface area contributed by atoms with Crippen LogP contribution in [0.1, 0.15) is 70.6 Å². The number of carbonyl (C=O) groups excluding carboxylic acids is 4. The molecular weight excluding hydrogens is 861 g/mol. The quantitative estimate of drug-likeness (QED) is 0.0420. The van der Waals surface area contributed by atoms with Gasteiger partial charge >= 0.3 is 35.8 Å². The summed E-state index contributed by atoms with van der Waals surface area (Å²) in [5, 5.41) is 30.2. The molecule has 14 nitrogen and oxygen atoms in total. The minimum atomic E-state index is -1.47. The Labute approximate surface area is 383 Å². The molecule has 0 fully saturated rings. The molecule has 0 aliphatic heterocycles. The molecule has 6 aromatic carbocycles. The Bertz CT molecular complexity index is 2870. The van der Waals surface area contributed by atoms with E-state index in [9.17, 15) is 44.1 Å². The molecule has 67 heavy (non-hydrogen) atoms. The fourth-order valence-electron chi connectivity index (χ4n) is 7.99. The summed E-state index contributed by atoms with van der Waals surface area (Å²) >= 11 is 0. The van der Waals surface area contributed by atoms with Gasteiger partial charge in [0.1, 0.15) is 37.4 Å². The highest BCUT2D eigenvalue weighted by molar-refractivity contribution is 6.05. The maximum Gasteiger partial charge on any atom is 0.339 e. The summed E-state index contributed by atoms with van der Waals surface area (Å²) in [7, 11) is 0. The van der Waals surface area contributed by atoms with Crippen LogP contribution in [0.15, 0.2) is 159 Å². The number of aromatic hydroxyl groups is 1. The van der Waals surface area contributed by atoms with Crippen molar-refractivity contribution in [3.8, 4) is 33.8 Å². The summed E-state index contributed by atoms with van der Waals surface area (Å²) in [5.74, 6) is -6.18. The number of ether oxygens (including phenoxy) is 5. The Morgan fingerprint density at radius 1 is 0.567 bits per heavy atom. The predicted molar refractivity (Wildman–Crippen MR) is 243 cm³/mol. The van der Waals surface area contributed by atoms with E-state index >= 15 is 0 Å². The van der Waals surface area contributed by atoms with Gasteiger partial charge in [0.15, 0.2) is 6.10 Å². The molecule has 0 heterocycles. The second kappa shape index (κ2) is 19.9. The molecule has 0 aromatic heterocycles. The number of hydrogen-bond acceptors (Lipinski definition) is 12. The topological polar surface area (TPSA) is 209 Å². The first kappa shape index (κ1) is 46.2. The number of carboxylic acids is 2. The van der Waals surface area contributed by atoms with E-state index in [4.69, 9.17) is 23.7 Å². The first-order valence-electron chi connectivity index (χ1n) is 20.7. The lowest BCUT2D eigenvalue weighted by Gasteiger charge is -2.34. The Morgan fingerprint density at radius 2 is 1.03 bits per heavy atom. The van der Waals surface area contributed by atoms with E-state index in [0.717, 1.165) is 57.7 Å². The highest BCUT2D eigenvalue weighted by Gasteiger charge is 2.46. The van der Waals surface area contributed by atoms with Gasteiger partial charge in [0.2, 0.25) is 0 Å². The SMILES string of the molecule is C=CC(=O)OCC(C)OC(=O)c1cc(-c2ccc(C(=O)O)c(C(=O)OC(COC(=O)C=C)COc3ccc(C4(c5ccc(O)cc5)c5ccccc5-c5ccccc54)cc3)c2)ccc1C(=O)O. The first-order valence-corrected chi connectivity index (χ1v) is 20.7. The molecule has 1 aliphatic rings. The van der Waals surface area contributed by atoms with E-state index in [2.05, 4.69) is 37.4 Å². The number of aromatic carboxylic acids is 2. The summed E-state index contributed by atoms with van der Waals surface area (Å²) in [5.41, 5.74) is 4.03. The third-order valence-electron chi connectivity index (χ3n) is 11.0. The number of carboxylic acid groups (broad SMARTS) is 2. The summed E-state index contributed by atoms with van der Waals surface area (Å²) in [6, 6.07) is 38.1. The first-order chi connectivity index (χ1) is 32.2. The average Bonchev–Trinajstić information content (AvgIpc) is 3.64. The zero-order chi connectivity index (χ0) is 47.8. The normalized spacial score (nSPS) is 12.8. The largest absolute Gasteiger partial charge is 0.508 e. The number of carbonyl (C=O) groups is 6. The number of phenolic OH excluding ortho intramolecular Hbond substituents is 1. The molecule has 3 N–H and O–H groups in total. The molecule has 7 rings (SSSR count). The fraction of sp³-hybridized carbons (Fsp3) is 0.132. The second-order valence-corrected chi connectivity index (χ2v) is 15.3. The minimum absolute atomic E-state index is 0.127. The van der Waals surface area contributed by atoms with Crippen LogP contribution in [-0.4, -0.2) is 83.2 Å². The molecule has 0 bridgehead atoms. The van der Waals surface area contributed by atoms with E-state index in [0.29, 0.717) is 5.75 Å². The van der Waals surface area contributed by atoms with Gasteiger partial charge in [-0.05, 0) is 100.0 Å². The number of rotatable bonds is 18. The fourth-order valence-corrected chi connectivity index (χ4v) is 7.99. The number of phenols is 1. The molecular formula is C53H42O14. The number of hydrogen-bond donors (Lipinski definition) is 3. The van der Waals surface area contributed by atoms with Gasteiger partial charge in [-0.1, -0.05) is 98.1 Å². The van der Waals surface area contributed by atoms with Crippen LogP contribution in [0.5, 0.6) is 11.5 Å². The number of esters is 4. The van der Waals surface area contributed by atoms with Crippen LogP contribution in [0.2, 0.25) is 0 Å². The lowest BCUT2D eigenvalue weighted by atomic mass is 9.68. The molecule has 1 aliphatic carbocycles. The van der Waals surface area contributed by atoms with Gasteiger partial charge in [0.05, 0.1) is 27.7 Å². The predicted octanol–water partition coefficient (Wildman–Crippen LogP) is 8.43. The Hall–Kier alpha value is -8.78. The highest BCUT2D eigenvalue weighted by Crippen LogP contribution is 2.56. The lowest BCUT2D eigenvalue weighted by molar-refractivity contribution is -0.141. The molecule has 2 atom stereocenters. The van der Waals surface area contributed by atoms with E-state index in [-0.39, 0.29) is 35.7 Å². The minimum Gasteiger partial charge on any atom is -0.508 e. The van der Waals surface area contributed by atoms with Gasteiger partial charge in [-0.3, -0.25) is 0 Å². The van der Waals surface area contributed by atoms with Crippen molar-refractivity contribution in [2.75, 3.05) is 19.8 Å². The summed E-state index contributed by atoms with van der Waals surface area (Å²) < 4.78 is 27.3. The van der Waals surface area contributed by atoms with Crippen molar-refractivity contribution in [1.82, 2.24) is 0 Å². The molecule has 0 amide bonds. The van der Waals surface area contributed by atoms with Crippen LogP contribution in [0.3, 0.4) is 0 Å². The van der Waals surface area contributed by atoms with Gasteiger partial charge in [-0.25, -0.2) is 28.8 Å². The third kappa shape index (κ3) is 9.69. The van der Waals surface area contributed by atoms with Gasteiger partial charge in [-0.15, -0.1) is 0 Å². The van der Waals surface area contributed by atoms with Gasteiger partial charge < -0.3 is 39.0 Å². The van der Waals surface area contributed by atoms with Gasteiger partial charge in [0, 0.05) is 12.2 Å². The van der Waals surface area contributed by atoms with Crippen molar-refractivity contribution >= 4 is 35.8 Å². The highest BCUT2D eigenvalue weighted by atomic mass is 16.6. The van der Waals surface area contributed by atoms with Crippen molar-refractivity contribution in [2.24, 2.45) is 0 Å². The maximum absolute atomic E-state index is 13.9. The second-order valence-electron chi connectivity index (χ2n) is 15.3. The van der Waals surface area contributed by atoms with Gasteiger partial charge in [0.25, 0.3) is 0 Å². The van der Waals surface area contributed by atoms with Crippen molar-refractivity contribution < 1.29 is 67.8 Å². The Balaban J connectivity index is 1.15. The molecule has 0 saturated carbocycles. The monoisotopic (exact) mass is 902 g/mol. The van der Waals surface area contributed by atoms with Crippen molar-refractivity contribution in [3.63, 3.8) is 0 Å². The lowest BCUT2D eigenvalue weighted by Crippen LogP contribution is -2.31. The third-order valence-corrected chi connectivity index (χ3v) is 11.0. The van der Waals surface area contributed by atoms with Crippen molar-refractivity contribution in [2.45, 2.75) is 24.5 Å². The molecule has 2 unspecified atom stereocenters. The molecule has 0 radical (unpaired) electrons. The molecule has 6 aromatic rings.